The molecule has 0 aliphatic carbocycles. The molecule has 3 rings (SSSR count). The van der Waals surface area contributed by atoms with Crippen LogP contribution in [0.2, 0.25) is 0 Å². The molecule has 0 atom stereocenters. The molecule has 0 bridgehead atoms. The third kappa shape index (κ3) is 3.04. The molecular formula is C18H22N4O. The number of nitrogens with one attached hydrogen (secondary N) is 1. The molecule has 0 aromatic carbocycles. The van der Waals surface area contributed by atoms with E-state index in [1.807, 2.05) is 12.3 Å². The maximum Gasteiger partial charge on any atom is 0.269 e. The number of amides is 1. The summed E-state index contributed by atoms with van der Waals surface area (Å²) >= 11 is 0. The standard InChI is InChI=1S/C18H22N4O/c1-12(2)22-8-4-5-13-9-16(21-11-17(13)22)14-6-7-15(20-10-14)18(23)19-3/h6-7,9-12H,4-5,8H2,1-3H3,(H,19,23). The molecule has 0 fully saturated rings. The average molecular weight is 310 g/mol. The second kappa shape index (κ2) is 6.36. The molecule has 120 valence electrons. The van der Waals surface area contributed by atoms with Crippen molar-refractivity contribution in [1.82, 2.24) is 15.3 Å². The normalized spacial score (nSPS) is 13.8. The smallest absolute Gasteiger partial charge is 0.269 e. The van der Waals surface area contributed by atoms with E-state index in [4.69, 9.17) is 0 Å². The molecule has 0 unspecified atom stereocenters. The van der Waals surface area contributed by atoms with E-state index in [1.165, 1.54) is 17.7 Å². The fraction of sp³-hybridized carbons (Fsp3) is 0.389. The van der Waals surface area contributed by atoms with Gasteiger partial charge in [-0.1, -0.05) is 0 Å². The van der Waals surface area contributed by atoms with E-state index >= 15 is 0 Å². The summed E-state index contributed by atoms with van der Waals surface area (Å²) in [6.45, 7) is 5.52. The SMILES string of the molecule is CNC(=O)c1ccc(-c2cc3c(cn2)N(C(C)C)CCC3)cn1. The first-order valence-electron chi connectivity index (χ1n) is 8.04. The average Bonchev–Trinajstić information content (AvgIpc) is 2.60. The van der Waals surface area contributed by atoms with E-state index in [-0.39, 0.29) is 5.91 Å². The van der Waals surface area contributed by atoms with Gasteiger partial charge >= 0.3 is 0 Å². The van der Waals surface area contributed by atoms with Gasteiger partial charge in [0.25, 0.3) is 5.91 Å². The fourth-order valence-corrected chi connectivity index (χ4v) is 3.01. The zero-order valence-corrected chi connectivity index (χ0v) is 13.8. The molecule has 2 aromatic rings. The lowest BCUT2D eigenvalue weighted by Gasteiger charge is -2.34. The summed E-state index contributed by atoms with van der Waals surface area (Å²) in [7, 11) is 1.60. The lowest BCUT2D eigenvalue weighted by Crippen LogP contribution is -2.35. The van der Waals surface area contributed by atoms with Gasteiger partial charge in [-0.25, -0.2) is 0 Å². The topological polar surface area (TPSA) is 58.1 Å². The lowest BCUT2D eigenvalue weighted by molar-refractivity contribution is 0.0958. The summed E-state index contributed by atoms with van der Waals surface area (Å²) in [5.74, 6) is -0.178. The molecule has 23 heavy (non-hydrogen) atoms. The number of fused-ring (bicyclic) bond motifs is 1. The maximum absolute atomic E-state index is 11.6. The van der Waals surface area contributed by atoms with Gasteiger partial charge in [-0.2, -0.15) is 0 Å². The molecule has 0 spiro atoms. The Morgan fingerprint density at radius 3 is 2.74 bits per heavy atom. The predicted octanol–water partition coefficient (Wildman–Crippen LogP) is 2.66. The molecule has 2 aromatic heterocycles. The van der Waals surface area contributed by atoms with Gasteiger partial charge < -0.3 is 10.2 Å². The maximum atomic E-state index is 11.6. The number of nitrogens with zero attached hydrogens (tertiary/aromatic N) is 3. The monoisotopic (exact) mass is 310 g/mol. The van der Waals surface area contributed by atoms with Crippen LogP contribution in [0.3, 0.4) is 0 Å². The molecule has 5 nitrogen and oxygen atoms in total. The van der Waals surface area contributed by atoms with Crippen molar-refractivity contribution < 1.29 is 4.79 Å². The van der Waals surface area contributed by atoms with Crippen LogP contribution in [0.15, 0.2) is 30.6 Å². The largest absolute Gasteiger partial charge is 0.368 e. The highest BCUT2D eigenvalue weighted by Gasteiger charge is 2.20. The molecule has 0 saturated heterocycles. The summed E-state index contributed by atoms with van der Waals surface area (Å²) in [6.07, 6.45) is 5.93. The van der Waals surface area contributed by atoms with Crippen molar-refractivity contribution in [3.8, 4) is 11.3 Å². The molecule has 0 radical (unpaired) electrons. The Balaban J connectivity index is 1.91. The van der Waals surface area contributed by atoms with E-state index in [0.717, 1.165) is 24.2 Å². The number of hydrogen-bond acceptors (Lipinski definition) is 4. The first-order chi connectivity index (χ1) is 11.1. The number of anilines is 1. The van der Waals surface area contributed by atoms with Crippen LogP contribution in [0.25, 0.3) is 11.3 Å². The van der Waals surface area contributed by atoms with Gasteiger partial charge in [0.2, 0.25) is 0 Å². The highest BCUT2D eigenvalue weighted by Crippen LogP contribution is 2.30. The second-order valence-electron chi connectivity index (χ2n) is 6.10. The minimum absolute atomic E-state index is 0.178. The summed E-state index contributed by atoms with van der Waals surface area (Å²) in [6, 6.07) is 6.26. The van der Waals surface area contributed by atoms with Gasteiger partial charge in [0.15, 0.2) is 0 Å². The summed E-state index contributed by atoms with van der Waals surface area (Å²) in [4.78, 5) is 22.8. The zero-order chi connectivity index (χ0) is 16.4. The Morgan fingerprint density at radius 1 is 1.26 bits per heavy atom. The van der Waals surface area contributed by atoms with Crippen LogP contribution < -0.4 is 10.2 Å². The first-order valence-corrected chi connectivity index (χ1v) is 8.04. The van der Waals surface area contributed by atoms with Gasteiger partial charge in [-0.15, -0.1) is 0 Å². The molecule has 1 N–H and O–H groups in total. The molecule has 5 heteroatoms. The number of hydrogen-bond donors (Lipinski definition) is 1. The molecule has 3 heterocycles. The zero-order valence-electron chi connectivity index (χ0n) is 13.8. The minimum Gasteiger partial charge on any atom is -0.368 e. The highest BCUT2D eigenvalue weighted by molar-refractivity contribution is 5.92. The number of rotatable bonds is 3. The van der Waals surface area contributed by atoms with Crippen molar-refractivity contribution in [3.63, 3.8) is 0 Å². The Labute approximate surface area is 136 Å². The highest BCUT2D eigenvalue weighted by atomic mass is 16.1. The molecule has 1 aliphatic rings. The van der Waals surface area contributed by atoms with Crippen LogP contribution in [-0.2, 0) is 6.42 Å². The Morgan fingerprint density at radius 2 is 2.09 bits per heavy atom. The van der Waals surface area contributed by atoms with Crippen LogP contribution in [0.4, 0.5) is 5.69 Å². The quantitative estimate of drug-likeness (QED) is 0.947. The van der Waals surface area contributed by atoms with Crippen molar-refractivity contribution in [3.05, 3.63) is 41.9 Å². The minimum atomic E-state index is -0.178. The van der Waals surface area contributed by atoms with Crippen molar-refractivity contribution in [2.45, 2.75) is 32.7 Å². The van der Waals surface area contributed by atoms with Crippen LogP contribution in [-0.4, -0.2) is 35.5 Å². The fourth-order valence-electron chi connectivity index (χ4n) is 3.01. The van der Waals surface area contributed by atoms with Crippen molar-refractivity contribution in [2.75, 3.05) is 18.5 Å². The summed E-state index contributed by atoms with van der Waals surface area (Å²) in [5.41, 5.74) is 4.84. The Bertz CT molecular complexity index is 709. The predicted molar refractivity (Wildman–Crippen MR) is 91.7 cm³/mol. The van der Waals surface area contributed by atoms with E-state index in [9.17, 15) is 4.79 Å². The van der Waals surface area contributed by atoms with Gasteiger partial charge in [-0.05, 0) is 50.5 Å². The summed E-state index contributed by atoms with van der Waals surface area (Å²) in [5, 5.41) is 2.57. The Kier molecular flexibility index (Phi) is 4.28. The second-order valence-corrected chi connectivity index (χ2v) is 6.10. The van der Waals surface area contributed by atoms with Crippen molar-refractivity contribution >= 4 is 11.6 Å². The van der Waals surface area contributed by atoms with Crippen LogP contribution in [0.5, 0.6) is 0 Å². The lowest BCUT2D eigenvalue weighted by atomic mass is 10.00. The summed E-state index contributed by atoms with van der Waals surface area (Å²) < 4.78 is 0. The third-order valence-corrected chi connectivity index (χ3v) is 4.26. The van der Waals surface area contributed by atoms with Crippen LogP contribution >= 0.6 is 0 Å². The van der Waals surface area contributed by atoms with Gasteiger partial charge in [0.1, 0.15) is 5.69 Å². The van der Waals surface area contributed by atoms with Gasteiger partial charge in [0.05, 0.1) is 17.6 Å². The number of pyridine rings is 2. The number of carbonyl (C=O) groups excluding carboxylic acids is 1. The first kappa shape index (κ1) is 15.5. The van der Waals surface area contributed by atoms with E-state index < -0.39 is 0 Å². The number of aromatic nitrogens is 2. The molecule has 1 amide bonds. The van der Waals surface area contributed by atoms with Gasteiger partial charge in [-0.3, -0.25) is 14.8 Å². The molecule has 0 saturated carbocycles. The van der Waals surface area contributed by atoms with Crippen molar-refractivity contribution in [2.24, 2.45) is 0 Å². The molecule has 1 aliphatic heterocycles. The van der Waals surface area contributed by atoms with Crippen LogP contribution in [0.1, 0.15) is 36.3 Å². The number of aryl methyl sites for hydroxylation is 1. The Hall–Kier alpha value is -2.43. The van der Waals surface area contributed by atoms with Crippen LogP contribution in [0, 0.1) is 0 Å². The van der Waals surface area contributed by atoms with Crippen molar-refractivity contribution in [1.29, 1.82) is 0 Å². The van der Waals surface area contributed by atoms with E-state index in [1.54, 1.807) is 19.3 Å². The molecular weight excluding hydrogens is 288 g/mol. The van der Waals surface area contributed by atoms with Gasteiger partial charge in [0, 0.05) is 31.4 Å². The van der Waals surface area contributed by atoms with E-state index in [0.29, 0.717) is 11.7 Å². The number of carbonyl (C=O) groups is 1. The third-order valence-electron chi connectivity index (χ3n) is 4.26. The van der Waals surface area contributed by atoms with E-state index in [2.05, 4.69) is 40.1 Å².